The molecule has 0 spiro atoms. The Morgan fingerprint density at radius 3 is 2.19 bits per heavy atom. The van der Waals surface area contributed by atoms with Crippen LogP contribution in [0.3, 0.4) is 0 Å². The van der Waals surface area contributed by atoms with E-state index in [1.54, 1.807) is 30.9 Å². The minimum atomic E-state index is -1.28. The Bertz CT molecular complexity index is 1110. The first-order valence-corrected chi connectivity index (χ1v) is 10.5. The third kappa shape index (κ3) is 5.57. The topological polar surface area (TPSA) is 95.6 Å². The van der Waals surface area contributed by atoms with Crippen molar-refractivity contribution in [2.45, 2.75) is 45.3 Å². The molecule has 3 rings (SSSR count). The third-order valence-electron chi connectivity index (χ3n) is 5.30. The zero-order chi connectivity index (χ0) is 23.3. The van der Waals surface area contributed by atoms with Crippen LogP contribution in [0.2, 0.25) is 0 Å². The third-order valence-corrected chi connectivity index (χ3v) is 5.30. The Balaban J connectivity index is 1.57. The Morgan fingerprint density at radius 2 is 1.59 bits per heavy atom. The Labute approximate surface area is 187 Å². The molecular weight excluding hydrogens is 410 g/mol. The zero-order valence-corrected chi connectivity index (χ0v) is 18.9. The molecule has 0 bridgehead atoms. The van der Waals surface area contributed by atoms with Gasteiger partial charge >= 0.3 is 11.7 Å². The average Bonchev–Trinajstić information content (AvgIpc) is 3.03. The van der Waals surface area contributed by atoms with Crippen LogP contribution in [0.25, 0.3) is 0 Å². The van der Waals surface area contributed by atoms with Gasteiger partial charge in [-0.15, -0.1) is 0 Å². The van der Waals surface area contributed by atoms with Crippen molar-refractivity contribution in [3.63, 3.8) is 0 Å². The highest BCUT2D eigenvalue weighted by molar-refractivity contribution is 5.76. The summed E-state index contributed by atoms with van der Waals surface area (Å²) in [6.45, 7) is 3.44. The SMILES string of the molecule is COc1ccc(Cn2nc(CCCc3ccc(OC(C)(C)C(=O)O)cc3)n(C)c2=O)cc1. The number of hydrogen-bond acceptors (Lipinski definition) is 5. The molecule has 1 aromatic heterocycles. The molecule has 2 aromatic carbocycles. The standard InChI is InChI=1S/C24H29N3O5/c1-24(2,22(28)29)32-20-14-8-17(9-15-20)6-5-7-21-25-27(23(30)26(21)3)16-18-10-12-19(31-4)13-11-18/h8-15H,5-7,16H2,1-4H3,(H,28,29). The summed E-state index contributed by atoms with van der Waals surface area (Å²) >= 11 is 0. The normalized spacial score (nSPS) is 11.4. The van der Waals surface area contributed by atoms with Crippen molar-refractivity contribution in [3.8, 4) is 11.5 Å². The van der Waals surface area contributed by atoms with Gasteiger partial charge in [-0.05, 0) is 62.1 Å². The van der Waals surface area contributed by atoms with Gasteiger partial charge in [0.15, 0.2) is 5.60 Å². The van der Waals surface area contributed by atoms with Gasteiger partial charge in [-0.2, -0.15) is 5.10 Å². The Morgan fingerprint density at radius 1 is 1.00 bits per heavy atom. The van der Waals surface area contributed by atoms with Gasteiger partial charge in [0.05, 0.1) is 13.7 Å². The lowest BCUT2D eigenvalue weighted by Crippen LogP contribution is -2.37. The lowest BCUT2D eigenvalue weighted by molar-refractivity contribution is -0.152. The van der Waals surface area contributed by atoms with Crippen LogP contribution in [-0.2, 0) is 31.2 Å². The van der Waals surface area contributed by atoms with Gasteiger partial charge in [-0.1, -0.05) is 24.3 Å². The molecule has 170 valence electrons. The number of rotatable bonds is 10. The van der Waals surface area contributed by atoms with Crippen LogP contribution in [-0.4, -0.2) is 38.1 Å². The van der Waals surface area contributed by atoms with E-state index in [0.29, 0.717) is 18.7 Å². The van der Waals surface area contributed by atoms with Crippen LogP contribution in [0.15, 0.2) is 53.3 Å². The molecule has 0 saturated carbocycles. The van der Waals surface area contributed by atoms with Crippen molar-refractivity contribution >= 4 is 5.97 Å². The van der Waals surface area contributed by atoms with E-state index in [2.05, 4.69) is 5.10 Å². The minimum Gasteiger partial charge on any atom is -0.497 e. The van der Waals surface area contributed by atoms with Crippen LogP contribution in [0.5, 0.6) is 11.5 Å². The van der Waals surface area contributed by atoms with E-state index >= 15 is 0 Å². The van der Waals surface area contributed by atoms with Gasteiger partial charge in [-0.3, -0.25) is 4.57 Å². The van der Waals surface area contributed by atoms with E-state index in [4.69, 9.17) is 14.6 Å². The highest BCUT2D eigenvalue weighted by atomic mass is 16.5. The van der Waals surface area contributed by atoms with E-state index < -0.39 is 11.6 Å². The Kier molecular flexibility index (Phi) is 7.02. The second-order valence-corrected chi connectivity index (χ2v) is 8.18. The first kappa shape index (κ1) is 23.1. The molecule has 0 saturated heterocycles. The second kappa shape index (κ2) is 9.72. The smallest absolute Gasteiger partial charge is 0.347 e. The highest BCUT2D eigenvalue weighted by Gasteiger charge is 2.29. The lowest BCUT2D eigenvalue weighted by atomic mass is 10.1. The van der Waals surface area contributed by atoms with Crippen LogP contribution < -0.4 is 15.2 Å². The molecule has 8 nitrogen and oxygen atoms in total. The number of carboxylic acids is 1. The van der Waals surface area contributed by atoms with Crippen LogP contribution in [0.1, 0.15) is 37.2 Å². The van der Waals surface area contributed by atoms with Crippen molar-refractivity contribution in [2.24, 2.45) is 7.05 Å². The number of aryl methyl sites for hydroxylation is 2. The number of methoxy groups -OCH3 is 1. The number of ether oxygens (including phenoxy) is 2. The molecule has 0 radical (unpaired) electrons. The summed E-state index contributed by atoms with van der Waals surface area (Å²) in [6.07, 6.45) is 2.31. The molecule has 0 fully saturated rings. The molecule has 8 heteroatoms. The lowest BCUT2D eigenvalue weighted by Gasteiger charge is -2.21. The van der Waals surface area contributed by atoms with Crippen LogP contribution in [0.4, 0.5) is 0 Å². The fourth-order valence-corrected chi connectivity index (χ4v) is 3.27. The molecular formula is C24H29N3O5. The highest BCUT2D eigenvalue weighted by Crippen LogP contribution is 2.20. The molecule has 0 unspecified atom stereocenters. The molecule has 0 aliphatic rings. The van der Waals surface area contributed by atoms with Gasteiger partial charge in [0.2, 0.25) is 0 Å². The van der Waals surface area contributed by atoms with E-state index in [1.807, 2.05) is 36.4 Å². The summed E-state index contributed by atoms with van der Waals surface area (Å²) in [5.41, 5.74) is 0.661. The molecule has 0 aliphatic heterocycles. The summed E-state index contributed by atoms with van der Waals surface area (Å²) < 4.78 is 13.8. The van der Waals surface area contributed by atoms with E-state index in [-0.39, 0.29) is 5.69 Å². The molecule has 3 aromatic rings. The van der Waals surface area contributed by atoms with Crippen molar-refractivity contribution in [1.29, 1.82) is 0 Å². The van der Waals surface area contributed by atoms with Gasteiger partial charge in [0, 0.05) is 13.5 Å². The number of carboxylic acid groups (broad SMARTS) is 1. The van der Waals surface area contributed by atoms with Crippen LogP contribution >= 0.6 is 0 Å². The summed E-state index contributed by atoms with van der Waals surface area (Å²) in [5, 5.41) is 13.7. The summed E-state index contributed by atoms with van der Waals surface area (Å²) in [4.78, 5) is 23.7. The zero-order valence-electron chi connectivity index (χ0n) is 18.9. The number of aliphatic carboxylic acids is 1. The predicted octanol–water partition coefficient (Wildman–Crippen LogP) is 3.06. The van der Waals surface area contributed by atoms with Gasteiger partial charge in [0.1, 0.15) is 17.3 Å². The monoisotopic (exact) mass is 439 g/mol. The first-order chi connectivity index (χ1) is 15.2. The van der Waals surface area contributed by atoms with E-state index in [9.17, 15) is 9.59 Å². The number of benzene rings is 2. The molecule has 1 heterocycles. The number of carbonyl (C=O) groups is 1. The van der Waals surface area contributed by atoms with Gasteiger partial charge in [0.25, 0.3) is 0 Å². The maximum Gasteiger partial charge on any atom is 0.347 e. The number of hydrogen-bond donors (Lipinski definition) is 1. The largest absolute Gasteiger partial charge is 0.497 e. The minimum absolute atomic E-state index is 0.140. The quantitative estimate of drug-likeness (QED) is 0.522. The summed E-state index contributed by atoms with van der Waals surface area (Å²) in [5.74, 6) is 1.01. The number of aromatic nitrogens is 3. The van der Waals surface area contributed by atoms with E-state index in [0.717, 1.165) is 35.5 Å². The maximum atomic E-state index is 12.5. The Hall–Kier alpha value is -3.55. The second-order valence-electron chi connectivity index (χ2n) is 8.18. The molecule has 32 heavy (non-hydrogen) atoms. The van der Waals surface area contributed by atoms with Gasteiger partial charge in [-0.25, -0.2) is 14.3 Å². The van der Waals surface area contributed by atoms with Crippen molar-refractivity contribution in [2.75, 3.05) is 7.11 Å². The van der Waals surface area contributed by atoms with Crippen molar-refractivity contribution < 1.29 is 19.4 Å². The fourth-order valence-electron chi connectivity index (χ4n) is 3.27. The van der Waals surface area contributed by atoms with Crippen molar-refractivity contribution in [3.05, 3.63) is 76.0 Å². The molecule has 0 aliphatic carbocycles. The molecule has 0 amide bonds. The van der Waals surface area contributed by atoms with E-state index in [1.165, 1.54) is 18.5 Å². The predicted molar refractivity (Wildman–Crippen MR) is 120 cm³/mol. The average molecular weight is 440 g/mol. The first-order valence-electron chi connectivity index (χ1n) is 10.5. The van der Waals surface area contributed by atoms with Crippen molar-refractivity contribution in [1.82, 2.24) is 14.3 Å². The fraction of sp³-hybridized carbons (Fsp3) is 0.375. The maximum absolute atomic E-state index is 12.5. The molecule has 1 N–H and O–H groups in total. The summed E-state index contributed by atoms with van der Waals surface area (Å²) in [7, 11) is 3.36. The van der Waals surface area contributed by atoms with Gasteiger partial charge < -0.3 is 14.6 Å². The summed E-state index contributed by atoms with van der Waals surface area (Å²) in [6, 6.07) is 15.0. The molecule has 0 atom stereocenters. The number of nitrogens with zero attached hydrogens (tertiary/aromatic N) is 3. The van der Waals surface area contributed by atoms with Crippen LogP contribution in [0, 0.1) is 0 Å².